The van der Waals surface area contributed by atoms with Crippen LogP contribution in [0.2, 0.25) is 0 Å². The first kappa shape index (κ1) is 20.9. The molecule has 2 N–H and O–H groups in total. The number of pyridine rings is 1. The summed E-state index contributed by atoms with van der Waals surface area (Å²) in [6.07, 6.45) is 3.93. The molecule has 1 atom stereocenters. The molecular weight excluding hydrogens is 406 g/mol. The molecule has 0 unspecified atom stereocenters. The van der Waals surface area contributed by atoms with Gasteiger partial charge in [0, 0.05) is 30.9 Å². The first-order valence-corrected chi connectivity index (χ1v) is 11.3. The molecule has 170 valence electrons. The quantitative estimate of drug-likeness (QED) is 0.753. The van der Waals surface area contributed by atoms with Crippen LogP contribution in [0.25, 0.3) is 0 Å². The fourth-order valence-electron chi connectivity index (χ4n) is 5.43. The van der Waals surface area contributed by atoms with E-state index in [4.69, 9.17) is 0 Å². The van der Waals surface area contributed by atoms with E-state index in [1.807, 2.05) is 23.6 Å². The number of amides is 3. The van der Waals surface area contributed by atoms with E-state index in [0.717, 1.165) is 37.3 Å². The Balaban J connectivity index is 1.38. The summed E-state index contributed by atoms with van der Waals surface area (Å²) in [6.45, 7) is 11.5. The third-order valence-electron chi connectivity index (χ3n) is 7.27. The van der Waals surface area contributed by atoms with Gasteiger partial charge < -0.3 is 15.1 Å². The summed E-state index contributed by atoms with van der Waals surface area (Å²) in [7, 11) is 0. The highest BCUT2D eigenvalue weighted by molar-refractivity contribution is 6.02. The van der Waals surface area contributed by atoms with E-state index >= 15 is 0 Å². The molecule has 0 bridgehead atoms. The number of aromatic amines is 1. The minimum Gasteiger partial charge on any atom is -0.317 e. The molecule has 0 spiro atoms. The van der Waals surface area contributed by atoms with Gasteiger partial charge in [0.05, 0.1) is 23.3 Å². The zero-order valence-electron chi connectivity index (χ0n) is 19.2. The fourth-order valence-corrected chi connectivity index (χ4v) is 5.43. The van der Waals surface area contributed by atoms with Crippen molar-refractivity contribution in [1.82, 2.24) is 29.9 Å². The fraction of sp³-hybridized carbons (Fsp3) is 0.565. The van der Waals surface area contributed by atoms with Crippen LogP contribution in [0, 0.1) is 0 Å². The maximum absolute atomic E-state index is 13.8. The van der Waals surface area contributed by atoms with E-state index in [0.29, 0.717) is 24.1 Å². The van der Waals surface area contributed by atoms with Gasteiger partial charge in [0.15, 0.2) is 5.82 Å². The molecule has 2 aromatic rings. The lowest BCUT2D eigenvalue weighted by Crippen LogP contribution is -2.66. The number of nitrogens with one attached hydrogen (secondary N) is 2. The van der Waals surface area contributed by atoms with Crippen molar-refractivity contribution < 1.29 is 9.59 Å². The van der Waals surface area contributed by atoms with Gasteiger partial charge in [-0.25, -0.2) is 4.79 Å². The smallest absolute Gasteiger partial charge is 0.317 e. The predicted octanol–water partition coefficient (Wildman–Crippen LogP) is 2.79. The van der Waals surface area contributed by atoms with Gasteiger partial charge >= 0.3 is 6.03 Å². The zero-order chi connectivity index (χ0) is 22.7. The molecule has 5 rings (SSSR count). The van der Waals surface area contributed by atoms with Crippen molar-refractivity contribution in [2.24, 2.45) is 0 Å². The zero-order valence-corrected chi connectivity index (χ0v) is 19.2. The Morgan fingerprint density at radius 1 is 1.19 bits per heavy atom. The molecule has 9 heteroatoms. The van der Waals surface area contributed by atoms with Crippen molar-refractivity contribution in [3.63, 3.8) is 0 Å². The number of urea groups is 1. The van der Waals surface area contributed by atoms with Gasteiger partial charge in [0.25, 0.3) is 5.91 Å². The summed E-state index contributed by atoms with van der Waals surface area (Å²) in [5.41, 5.74) is 1.24. The average Bonchev–Trinajstić information content (AvgIpc) is 3.43. The third kappa shape index (κ3) is 3.26. The molecule has 0 aromatic carbocycles. The van der Waals surface area contributed by atoms with E-state index in [1.54, 1.807) is 24.4 Å². The molecule has 2 saturated heterocycles. The number of anilines is 1. The molecule has 0 aliphatic carbocycles. The lowest BCUT2D eigenvalue weighted by Gasteiger charge is -2.51. The van der Waals surface area contributed by atoms with Crippen LogP contribution in [0.4, 0.5) is 10.6 Å². The van der Waals surface area contributed by atoms with Gasteiger partial charge in [-0.2, -0.15) is 5.10 Å². The molecule has 2 fully saturated rings. The number of H-pyrrole nitrogens is 1. The second kappa shape index (κ2) is 7.30. The van der Waals surface area contributed by atoms with Crippen molar-refractivity contribution in [3.05, 3.63) is 41.3 Å². The van der Waals surface area contributed by atoms with Crippen LogP contribution in [0.15, 0.2) is 24.4 Å². The van der Waals surface area contributed by atoms with Crippen LogP contribution in [0.3, 0.4) is 0 Å². The molecule has 3 aliphatic heterocycles. The summed E-state index contributed by atoms with van der Waals surface area (Å²) in [6, 6.07) is 5.68. The van der Waals surface area contributed by atoms with Gasteiger partial charge in [-0.15, -0.1) is 0 Å². The summed E-state index contributed by atoms with van der Waals surface area (Å²) in [4.78, 5) is 37.0. The van der Waals surface area contributed by atoms with E-state index in [9.17, 15) is 9.59 Å². The number of hydrogen-bond donors (Lipinski definition) is 2. The van der Waals surface area contributed by atoms with E-state index in [1.165, 1.54) is 6.42 Å². The SMILES string of the molecule is CC1(C)CN2CCC[C@H]2CN1C(=O)N1Cc2c(NC(=O)c3ccccn3)n[nH]c2C1(C)C. The maximum Gasteiger partial charge on any atom is 0.321 e. The number of piperazine rings is 1. The summed E-state index contributed by atoms with van der Waals surface area (Å²) < 4.78 is 0. The van der Waals surface area contributed by atoms with Crippen LogP contribution in [-0.4, -0.2) is 73.0 Å². The topological polar surface area (TPSA) is 97.5 Å². The normalized spacial score (nSPS) is 23.7. The molecule has 0 radical (unpaired) electrons. The highest BCUT2D eigenvalue weighted by Gasteiger charge is 2.50. The standard InChI is InChI=1S/C23H31N7O2/c1-22(2)14-28-11-7-8-15(28)12-29(22)21(32)30-13-16-18(23(30,3)4)26-27-19(16)25-20(31)17-9-5-6-10-24-17/h5-6,9-10,15H,7-8,11-14H2,1-4H3,(H2,25,26,27,31)/t15-/m0/s1. The monoisotopic (exact) mass is 437 g/mol. The van der Waals surface area contributed by atoms with Crippen LogP contribution in [-0.2, 0) is 12.1 Å². The van der Waals surface area contributed by atoms with Crippen molar-refractivity contribution in [2.45, 2.75) is 64.2 Å². The highest BCUT2D eigenvalue weighted by Crippen LogP contribution is 2.42. The molecular formula is C23H31N7O2. The van der Waals surface area contributed by atoms with Crippen molar-refractivity contribution in [1.29, 1.82) is 0 Å². The van der Waals surface area contributed by atoms with Gasteiger partial charge in [-0.1, -0.05) is 6.07 Å². The molecule has 3 aliphatic rings. The van der Waals surface area contributed by atoms with Crippen LogP contribution >= 0.6 is 0 Å². The Hall–Kier alpha value is -2.94. The molecule has 9 nitrogen and oxygen atoms in total. The second-order valence-corrected chi connectivity index (χ2v) is 10.2. The molecule has 3 amide bonds. The lowest BCUT2D eigenvalue weighted by molar-refractivity contribution is 0.00394. The Labute approximate surface area is 188 Å². The molecule has 5 heterocycles. The predicted molar refractivity (Wildman–Crippen MR) is 120 cm³/mol. The highest BCUT2D eigenvalue weighted by atomic mass is 16.2. The maximum atomic E-state index is 13.8. The minimum absolute atomic E-state index is 0.0400. The Kier molecular flexibility index (Phi) is 4.77. The lowest BCUT2D eigenvalue weighted by atomic mass is 9.96. The number of carbonyl (C=O) groups is 2. The number of hydrogen-bond acceptors (Lipinski definition) is 5. The number of aromatic nitrogens is 3. The van der Waals surface area contributed by atoms with Crippen LogP contribution in [0.1, 0.15) is 62.3 Å². The third-order valence-corrected chi connectivity index (χ3v) is 7.27. The van der Waals surface area contributed by atoms with Crippen molar-refractivity contribution >= 4 is 17.8 Å². The van der Waals surface area contributed by atoms with Crippen LogP contribution < -0.4 is 5.32 Å². The number of rotatable bonds is 2. The second-order valence-electron chi connectivity index (χ2n) is 10.2. The number of fused-ring (bicyclic) bond motifs is 2. The largest absolute Gasteiger partial charge is 0.321 e. The van der Waals surface area contributed by atoms with Gasteiger partial charge in [0.1, 0.15) is 5.69 Å². The number of nitrogens with zero attached hydrogens (tertiary/aromatic N) is 5. The summed E-state index contributed by atoms with van der Waals surface area (Å²) in [5, 5.41) is 10.3. The first-order chi connectivity index (χ1) is 15.2. The molecule has 0 saturated carbocycles. The van der Waals surface area contributed by atoms with Crippen molar-refractivity contribution in [2.75, 3.05) is 25.0 Å². The van der Waals surface area contributed by atoms with Gasteiger partial charge in [-0.05, 0) is 59.2 Å². The molecule has 32 heavy (non-hydrogen) atoms. The van der Waals surface area contributed by atoms with E-state index in [2.05, 4.69) is 39.2 Å². The van der Waals surface area contributed by atoms with E-state index < -0.39 is 5.54 Å². The minimum atomic E-state index is -0.559. The van der Waals surface area contributed by atoms with E-state index in [-0.39, 0.29) is 17.5 Å². The first-order valence-electron chi connectivity index (χ1n) is 11.3. The average molecular weight is 438 g/mol. The summed E-state index contributed by atoms with van der Waals surface area (Å²) >= 11 is 0. The summed E-state index contributed by atoms with van der Waals surface area (Å²) in [5.74, 6) is 0.139. The Bertz CT molecular complexity index is 1050. The van der Waals surface area contributed by atoms with Crippen molar-refractivity contribution in [3.8, 4) is 0 Å². The Morgan fingerprint density at radius 2 is 2.00 bits per heavy atom. The van der Waals surface area contributed by atoms with Gasteiger partial charge in [-0.3, -0.25) is 19.8 Å². The molecule has 2 aromatic heterocycles. The Morgan fingerprint density at radius 3 is 2.75 bits per heavy atom. The van der Waals surface area contributed by atoms with Gasteiger partial charge in [0.2, 0.25) is 0 Å². The van der Waals surface area contributed by atoms with Crippen LogP contribution in [0.5, 0.6) is 0 Å². The number of carbonyl (C=O) groups excluding carboxylic acids is 2.